The summed E-state index contributed by atoms with van der Waals surface area (Å²) in [5.74, 6) is 0.837. The lowest BCUT2D eigenvalue weighted by atomic mass is 10.2. The number of aromatic nitrogens is 1. The molecule has 0 bridgehead atoms. The van der Waals surface area contributed by atoms with Gasteiger partial charge in [0.1, 0.15) is 5.75 Å². The van der Waals surface area contributed by atoms with Crippen molar-refractivity contribution in [1.29, 1.82) is 0 Å². The number of rotatable bonds is 3. The molecule has 0 saturated heterocycles. The van der Waals surface area contributed by atoms with Crippen LogP contribution in [0.15, 0.2) is 41.0 Å². The third-order valence-electron chi connectivity index (χ3n) is 3.45. The minimum Gasteiger partial charge on any atom is -0.495 e. The lowest BCUT2D eigenvalue weighted by Gasteiger charge is -2.15. The number of hydrogen-bond donors (Lipinski definition) is 1. The van der Waals surface area contributed by atoms with Gasteiger partial charge >= 0.3 is 0 Å². The second-order valence-corrected chi connectivity index (χ2v) is 5.49. The van der Waals surface area contributed by atoms with Crippen molar-refractivity contribution in [3.63, 3.8) is 0 Å². The van der Waals surface area contributed by atoms with Gasteiger partial charge in [-0.05, 0) is 52.5 Å². The van der Waals surface area contributed by atoms with Gasteiger partial charge in [-0.25, -0.2) is 0 Å². The molecule has 4 heteroatoms. The Bertz CT molecular complexity index is 600. The smallest absolute Gasteiger partial charge is 0.135 e. The Hall–Kier alpha value is -1.55. The number of pyridine rings is 1. The predicted octanol–water partition coefficient (Wildman–Crippen LogP) is 3.95. The van der Waals surface area contributed by atoms with E-state index < -0.39 is 0 Å². The summed E-state index contributed by atoms with van der Waals surface area (Å²) < 4.78 is 6.28. The molecule has 1 aromatic heterocycles. The van der Waals surface area contributed by atoms with E-state index in [1.165, 1.54) is 11.3 Å². The number of methoxy groups -OCH3 is 1. The molecule has 0 fully saturated rings. The quantitative estimate of drug-likeness (QED) is 0.930. The van der Waals surface area contributed by atoms with Crippen LogP contribution in [0.5, 0.6) is 5.75 Å². The van der Waals surface area contributed by atoms with Crippen molar-refractivity contribution in [2.75, 3.05) is 12.4 Å². The third kappa shape index (κ3) is 2.45. The molecule has 1 aromatic carbocycles. The first-order valence-corrected chi connectivity index (χ1v) is 7.11. The van der Waals surface area contributed by atoms with Gasteiger partial charge in [-0.15, -0.1) is 0 Å². The molecule has 1 aliphatic carbocycles. The topological polar surface area (TPSA) is 34.1 Å². The zero-order valence-electron chi connectivity index (χ0n) is 10.7. The minimum absolute atomic E-state index is 0.294. The Morgan fingerprint density at radius 3 is 3.11 bits per heavy atom. The molecule has 1 atom stereocenters. The first kappa shape index (κ1) is 12.5. The second-order valence-electron chi connectivity index (χ2n) is 4.63. The van der Waals surface area contributed by atoms with Crippen LogP contribution in [0.25, 0.3) is 0 Å². The highest BCUT2D eigenvalue weighted by Gasteiger charge is 2.23. The molecule has 3 rings (SSSR count). The van der Waals surface area contributed by atoms with E-state index in [9.17, 15) is 0 Å². The number of anilines is 1. The fraction of sp³-hybridized carbons (Fsp3) is 0.267. The van der Waals surface area contributed by atoms with Crippen LogP contribution in [0.3, 0.4) is 0 Å². The Morgan fingerprint density at radius 1 is 1.37 bits per heavy atom. The van der Waals surface area contributed by atoms with E-state index in [0.717, 1.165) is 28.8 Å². The van der Waals surface area contributed by atoms with Crippen molar-refractivity contribution in [2.45, 2.75) is 18.9 Å². The van der Waals surface area contributed by atoms with Crippen LogP contribution in [0.1, 0.15) is 23.7 Å². The highest BCUT2D eigenvalue weighted by atomic mass is 79.9. The molecule has 19 heavy (non-hydrogen) atoms. The molecule has 1 N–H and O–H groups in total. The lowest BCUT2D eigenvalue weighted by Crippen LogP contribution is -2.08. The fourth-order valence-electron chi connectivity index (χ4n) is 2.50. The molecule has 0 amide bonds. The van der Waals surface area contributed by atoms with E-state index in [1.807, 2.05) is 30.5 Å². The summed E-state index contributed by atoms with van der Waals surface area (Å²) in [5, 5.41) is 3.54. The monoisotopic (exact) mass is 318 g/mol. The van der Waals surface area contributed by atoms with Crippen molar-refractivity contribution >= 4 is 21.6 Å². The number of ether oxygens (including phenoxy) is 1. The van der Waals surface area contributed by atoms with Gasteiger partial charge in [-0.3, -0.25) is 4.98 Å². The first-order chi connectivity index (χ1) is 9.28. The van der Waals surface area contributed by atoms with Crippen LogP contribution in [0.2, 0.25) is 0 Å². The standard InChI is InChI=1S/C15H15BrN2O/c1-19-14-9-11(5-6-12(14)16)18-13-7-4-10-3-2-8-17-15(10)13/h2-3,5-6,8-9,13,18H,4,7H2,1H3. The molecule has 0 radical (unpaired) electrons. The number of aryl methyl sites for hydroxylation is 1. The Kier molecular flexibility index (Phi) is 3.42. The summed E-state index contributed by atoms with van der Waals surface area (Å²) in [7, 11) is 1.68. The molecule has 1 heterocycles. The number of benzene rings is 1. The molecular formula is C15H15BrN2O. The van der Waals surface area contributed by atoms with Gasteiger partial charge in [0.15, 0.2) is 0 Å². The summed E-state index contributed by atoms with van der Waals surface area (Å²) in [4.78, 5) is 4.49. The van der Waals surface area contributed by atoms with Crippen LogP contribution in [0.4, 0.5) is 5.69 Å². The Balaban J connectivity index is 1.83. The van der Waals surface area contributed by atoms with Crippen molar-refractivity contribution in [3.05, 3.63) is 52.3 Å². The molecule has 0 aliphatic heterocycles. The fourth-order valence-corrected chi connectivity index (χ4v) is 2.91. The first-order valence-electron chi connectivity index (χ1n) is 6.32. The molecule has 3 nitrogen and oxygen atoms in total. The van der Waals surface area contributed by atoms with Crippen molar-refractivity contribution in [3.8, 4) is 5.75 Å². The van der Waals surface area contributed by atoms with Gasteiger partial charge in [0.25, 0.3) is 0 Å². The maximum Gasteiger partial charge on any atom is 0.135 e. The number of hydrogen-bond acceptors (Lipinski definition) is 3. The molecule has 98 valence electrons. The normalized spacial score (nSPS) is 17.1. The highest BCUT2D eigenvalue weighted by molar-refractivity contribution is 9.10. The van der Waals surface area contributed by atoms with E-state index >= 15 is 0 Å². The van der Waals surface area contributed by atoms with Crippen LogP contribution in [0, 0.1) is 0 Å². The average molecular weight is 319 g/mol. The van der Waals surface area contributed by atoms with E-state index in [2.05, 4.69) is 32.3 Å². The summed E-state index contributed by atoms with van der Waals surface area (Å²) in [6.07, 6.45) is 4.04. The maximum atomic E-state index is 5.32. The van der Waals surface area contributed by atoms with E-state index in [-0.39, 0.29) is 0 Å². The highest BCUT2D eigenvalue weighted by Crippen LogP contribution is 2.34. The van der Waals surface area contributed by atoms with Crippen LogP contribution >= 0.6 is 15.9 Å². The summed E-state index contributed by atoms with van der Waals surface area (Å²) in [5.41, 5.74) is 3.58. The van der Waals surface area contributed by atoms with Crippen LogP contribution in [-0.2, 0) is 6.42 Å². The van der Waals surface area contributed by atoms with E-state index in [1.54, 1.807) is 7.11 Å². The molecular weight excluding hydrogens is 304 g/mol. The Morgan fingerprint density at radius 2 is 2.26 bits per heavy atom. The summed E-state index contributed by atoms with van der Waals surface area (Å²) in [6.45, 7) is 0. The van der Waals surface area contributed by atoms with Crippen molar-refractivity contribution in [2.24, 2.45) is 0 Å². The van der Waals surface area contributed by atoms with Crippen LogP contribution < -0.4 is 10.1 Å². The van der Waals surface area contributed by atoms with Gasteiger partial charge in [0.2, 0.25) is 0 Å². The largest absolute Gasteiger partial charge is 0.495 e. The van der Waals surface area contributed by atoms with Crippen molar-refractivity contribution in [1.82, 2.24) is 4.98 Å². The minimum atomic E-state index is 0.294. The number of nitrogens with zero attached hydrogens (tertiary/aromatic N) is 1. The van der Waals surface area contributed by atoms with Gasteiger partial charge in [-0.1, -0.05) is 6.07 Å². The number of nitrogens with one attached hydrogen (secondary N) is 1. The summed E-state index contributed by atoms with van der Waals surface area (Å²) >= 11 is 3.46. The van der Waals surface area contributed by atoms with Gasteiger partial charge in [0.05, 0.1) is 23.3 Å². The predicted molar refractivity (Wildman–Crippen MR) is 79.6 cm³/mol. The molecule has 0 saturated carbocycles. The van der Waals surface area contributed by atoms with Gasteiger partial charge in [-0.2, -0.15) is 0 Å². The average Bonchev–Trinajstić information content (AvgIpc) is 2.84. The molecule has 2 aromatic rings. The van der Waals surface area contributed by atoms with E-state index in [4.69, 9.17) is 4.74 Å². The number of fused-ring (bicyclic) bond motifs is 1. The zero-order chi connectivity index (χ0) is 13.2. The zero-order valence-corrected chi connectivity index (χ0v) is 12.3. The third-order valence-corrected chi connectivity index (χ3v) is 4.11. The van der Waals surface area contributed by atoms with Gasteiger partial charge in [0, 0.05) is 18.0 Å². The van der Waals surface area contributed by atoms with Gasteiger partial charge < -0.3 is 10.1 Å². The van der Waals surface area contributed by atoms with Crippen molar-refractivity contribution < 1.29 is 4.74 Å². The van der Waals surface area contributed by atoms with Crippen LogP contribution in [-0.4, -0.2) is 12.1 Å². The molecule has 0 spiro atoms. The number of halogens is 1. The van der Waals surface area contributed by atoms with E-state index in [0.29, 0.717) is 6.04 Å². The Labute approximate surface area is 121 Å². The maximum absolute atomic E-state index is 5.32. The second kappa shape index (κ2) is 5.21. The molecule has 1 unspecified atom stereocenters. The lowest BCUT2D eigenvalue weighted by molar-refractivity contribution is 0.412. The summed E-state index contributed by atoms with van der Waals surface area (Å²) in [6, 6.07) is 10.5. The SMILES string of the molecule is COc1cc(NC2CCc3cccnc32)ccc1Br. The molecule has 1 aliphatic rings.